The Morgan fingerprint density at radius 2 is 1.79 bits per heavy atom. The molecule has 8 nitrogen and oxygen atoms in total. The second-order valence-corrected chi connectivity index (χ2v) is 13.3. The number of carbonyl (C=O) groups excluding carboxylic acids is 1. The lowest BCUT2D eigenvalue weighted by molar-refractivity contribution is 0.0446. The molecule has 2 aromatic heterocycles. The fourth-order valence-electron chi connectivity index (χ4n) is 7.47. The number of piperidine rings is 1. The summed E-state index contributed by atoms with van der Waals surface area (Å²) in [5, 5.41) is 14.6. The summed E-state index contributed by atoms with van der Waals surface area (Å²) in [6, 6.07) is 11.0. The topological polar surface area (TPSA) is 83.7 Å². The summed E-state index contributed by atoms with van der Waals surface area (Å²) < 4.78 is 7.48. The van der Waals surface area contributed by atoms with Crippen LogP contribution in [0.25, 0.3) is 11.1 Å². The summed E-state index contributed by atoms with van der Waals surface area (Å²) in [7, 11) is 1.73. The third-order valence-electron chi connectivity index (χ3n) is 10.4. The van der Waals surface area contributed by atoms with Crippen LogP contribution < -0.4 is 9.64 Å². The van der Waals surface area contributed by atoms with Gasteiger partial charge in [0, 0.05) is 43.6 Å². The number of fused-ring (bicyclic) bond motifs is 3. The van der Waals surface area contributed by atoms with Gasteiger partial charge in [0.05, 0.1) is 19.4 Å². The van der Waals surface area contributed by atoms with Crippen LogP contribution in [0.3, 0.4) is 0 Å². The number of likely N-dealkylation sites (tertiary alicyclic amines) is 1. The second kappa shape index (κ2) is 11.4. The number of urea groups is 1. The fraction of sp³-hybridized carbons (Fsp3) is 0.559. The van der Waals surface area contributed by atoms with Crippen molar-refractivity contribution in [2.75, 3.05) is 31.6 Å². The zero-order chi connectivity index (χ0) is 29.5. The molecular formula is C34H45N5O3. The first-order valence-electron chi connectivity index (χ1n) is 15.6. The minimum atomic E-state index is -0.327. The van der Waals surface area contributed by atoms with Crippen LogP contribution in [-0.2, 0) is 5.41 Å². The van der Waals surface area contributed by atoms with E-state index in [-0.39, 0.29) is 29.0 Å². The molecule has 2 amide bonds. The zero-order valence-corrected chi connectivity index (χ0v) is 25.6. The molecule has 3 heterocycles. The SMILES string of the molecule is COc1ccc(C23CCC(CN(C(=O)N4CCC(O)CC4)c4cc(-c5cnn(C(C)C)c5)ccn4)(CC2)CC3)cc1C. The van der Waals surface area contributed by atoms with Crippen molar-refractivity contribution in [3.63, 3.8) is 0 Å². The Bertz CT molecular complexity index is 1400. The molecule has 2 bridgehead atoms. The van der Waals surface area contributed by atoms with Gasteiger partial charge >= 0.3 is 6.03 Å². The lowest BCUT2D eigenvalue weighted by Gasteiger charge is -2.55. The van der Waals surface area contributed by atoms with Gasteiger partial charge in [-0.2, -0.15) is 5.10 Å². The molecule has 8 heteroatoms. The van der Waals surface area contributed by atoms with E-state index in [1.165, 1.54) is 11.1 Å². The first-order valence-corrected chi connectivity index (χ1v) is 15.6. The van der Waals surface area contributed by atoms with Crippen LogP contribution in [0, 0.1) is 12.3 Å². The van der Waals surface area contributed by atoms with Crippen LogP contribution in [0.15, 0.2) is 48.9 Å². The Morgan fingerprint density at radius 1 is 1.07 bits per heavy atom. The second-order valence-electron chi connectivity index (χ2n) is 13.3. The van der Waals surface area contributed by atoms with Crippen molar-refractivity contribution in [2.24, 2.45) is 5.41 Å². The maximum absolute atomic E-state index is 14.2. The molecule has 42 heavy (non-hydrogen) atoms. The highest BCUT2D eigenvalue weighted by Gasteiger charge is 2.50. The summed E-state index contributed by atoms with van der Waals surface area (Å²) in [4.78, 5) is 22.8. The lowest BCUT2D eigenvalue weighted by atomic mass is 9.51. The number of aliphatic hydroxyl groups excluding tert-OH is 1. The van der Waals surface area contributed by atoms with Crippen molar-refractivity contribution in [1.29, 1.82) is 0 Å². The van der Waals surface area contributed by atoms with Crippen LogP contribution in [0.1, 0.15) is 82.4 Å². The Kier molecular flexibility index (Phi) is 7.77. The van der Waals surface area contributed by atoms with Crippen molar-refractivity contribution in [2.45, 2.75) is 89.7 Å². The number of amides is 2. The number of aromatic nitrogens is 3. The maximum Gasteiger partial charge on any atom is 0.325 e. The monoisotopic (exact) mass is 571 g/mol. The first kappa shape index (κ1) is 28.7. The third kappa shape index (κ3) is 5.41. The number of aliphatic hydroxyl groups is 1. The third-order valence-corrected chi connectivity index (χ3v) is 10.4. The van der Waals surface area contributed by atoms with Gasteiger partial charge in [-0.05, 0) is 118 Å². The maximum atomic E-state index is 14.2. The van der Waals surface area contributed by atoms with E-state index in [0.717, 1.165) is 55.4 Å². The molecule has 1 aliphatic heterocycles. The van der Waals surface area contributed by atoms with E-state index in [2.05, 4.69) is 50.3 Å². The number of ether oxygens (including phenoxy) is 1. The minimum Gasteiger partial charge on any atom is -0.496 e. The summed E-state index contributed by atoms with van der Waals surface area (Å²) in [6.07, 6.45) is 13.4. The quantitative estimate of drug-likeness (QED) is 0.349. The molecule has 4 aliphatic rings. The number of hydrogen-bond donors (Lipinski definition) is 1. The number of aryl methyl sites for hydroxylation is 1. The average molecular weight is 572 g/mol. The molecule has 0 unspecified atom stereocenters. The van der Waals surface area contributed by atoms with Gasteiger partial charge in [0.25, 0.3) is 0 Å². The summed E-state index contributed by atoms with van der Waals surface area (Å²) in [5.74, 6) is 1.64. The van der Waals surface area contributed by atoms with Gasteiger partial charge in [-0.1, -0.05) is 12.1 Å². The van der Waals surface area contributed by atoms with Gasteiger partial charge in [-0.3, -0.25) is 9.58 Å². The van der Waals surface area contributed by atoms with Crippen LogP contribution >= 0.6 is 0 Å². The summed E-state index contributed by atoms with van der Waals surface area (Å²) in [5.41, 5.74) is 4.96. The smallest absolute Gasteiger partial charge is 0.325 e. The number of pyridine rings is 1. The van der Waals surface area contributed by atoms with E-state index < -0.39 is 0 Å². The van der Waals surface area contributed by atoms with Gasteiger partial charge in [0.15, 0.2) is 0 Å². The van der Waals surface area contributed by atoms with Crippen molar-refractivity contribution in [3.05, 3.63) is 60.0 Å². The predicted octanol–water partition coefficient (Wildman–Crippen LogP) is 6.52. The van der Waals surface area contributed by atoms with Gasteiger partial charge < -0.3 is 14.7 Å². The van der Waals surface area contributed by atoms with Crippen LogP contribution in [-0.4, -0.2) is 63.7 Å². The Morgan fingerprint density at radius 3 is 2.40 bits per heavy atom. The highest BCUT2D eigenvalue weighted by atomic mass is 16.5. The molecule has 1 aromatic carbocycles. The average Bonchev–Trinajstić information content (AvgIpc) is 3.52. The largest absolute Gasteiger partial charge is 0.496 e. The molecule has 0 atom stereocenters. The number of anilines is 1. The number of hydrogen-bond acceptors (Lipinski definition) is 5. The molecule has 0 radical (unpaired) electrons. The number of carbonyl (C=O) groups is 1. The van der Waals surface area contributed by atoms with E-state index in [4.69, 9.17) is 9.72 Å². The number of methoxy groups -OCH3 is 1. The Labute approximate surface area is 249 Å². The number of rotatable bonds is 7. The molecule has 224 valence electrons. The molecule has 3 aliphatic carbocycles. The van der Waals surface area contributed by atoms with E-state index in [1.807, 2.05) is 39.0 Å². The zero-order valence-electron chi connectivity index (χ0n) is 25.6. The standard InChI is InChI=1S/C34H45N5O3/c1-24(2)39-22-27(21-36-39)26-7-16-35-31(20-26)38(32(41)37-17-8-29(40)9-18-37)23-33-10-13-34(14-11-33,15-12-33)28-5-6-30(42-4)25(3)19-28/h5-7,16,19-22,24,29,40H,8-15,17-18,23H2,1-4H3. The van der Waals surface area contributed by atoms with Gasteiger partial charge in [-0.25, -0.2) is 9.78 Å². The van der Waals surface area contributed by atoms with Crippen LogP contribution in [0.5, 0.6) is 5.75 Å². The van der Waals surface area contributed by atoms with Crippen molar-refractivity contribution < 1.29 is 14.6 Å². The predicted molar refractivity (Wildman–Crippen MR) is 165 cm³/mol. The molecule has 4 fully saturated rings. The molecule has 7 rings (SSSR count). The molecule has 0 spiro atoms. The highest BCUT2D eigenvalue weighted by Crippen LogP contribution is 2.58. The van der Waals surface area contributed by atoms with E-state index in [0.29, 0.717) is 38.3 Å². The van der Waals surface area contributed by atoms with Crippen molar-refractivity contribution in [3.8, 4) is 16.9 Å². The lowest BCUT2D eigenvalue weighted by Crippen LogP contribution is -2.54. The van der Waals surface area contributed by atoms with E-state index in [9.17, 15) is 9.90 Å². The summed E-state index contributed by atoms with van der Waals surface area (Å²) in [6.45, 7) is 8.18. The minimum absolute atomic E-state index is 0.00647. The normalized spacial score (nSPS) is 24.3. The molecule has 3 saturated carbocycles. The molecule has 3 aromatic rings. The molecule has 1 N–H and O–H groups in total. The van der Waals surface area contributed by atoms with Crippen LogP contribution in [0.4, 0.5) is 10.6 Å². The highest BCUT2D eigenvalue weighted by molar-refractivity contribution is 5.92. The van der Waals surface area contributed by atoms with Gasteiger partial charge in [0.1, 0.15) is 11.6 Å². The summed E-state index contributed by atoms with van der Waals surface area (Å²) >= 11 is 0. The Balaban J connectivity index is 1.27. The Hall–Kier alpha value is -3.39. The van der Waals surface area contributed by atoms with E-state index in [1.54, 1.807) is 7.11 Å². The molecule has 1 saturated heterocycles. The van der Waals surface area contributed by atoms with Crippen molar-refractivity contribution in [1.82, 2.24) is 19.7 Å². The van der Waals surface area contributed by atoms with E-state index >= 15 is 0 Å². The molecular weight excluding hydrogens is 526 g/mol. The van der Waals surface area contributed by atoms with Crippen molar-refractivity contribution >= 4 is 11.8 Å². The van der Waals surface area contributed by atoms with Gasteiger partial charge in [0.2, 0.25) is 0 Å². The van der Waals surface area contributed by atoms with Crippen LogP contribution in [0.2, 0.25) is 0 Å². The number of nitrogens with zero attached hydrogens (tertiary/aromatic N) is 5. The van der Waals surface area contributed by atoms with Gasteiger partial charge in [-0.15, -0.1) is 0 Å². The first-order chi connectivity index (χ1) is 20.2. The fourth-order valence-corrected chi connectivity index (χ4v) is 7.47. The number of benzene rings is 1.